The lowest BCUT2D eigenvalue weighted by Crippen LogP contribution is -2.34. The van der Waals surface area contributed by atoms with Gasteiger partial charge in [-0.3, -0.25) is 4.79 Å². The second kappa shape index (κ2) is 8.65. The van der Waals surface area contributed by atoms with Crippen molar-refractivity contribution in [2.75, 3.05) is 26.7 Å². The van der Waals surface area contributed by atoms with Crippen molar-refractivity contribution in [3.05, 3.63) is 29.8 Å². The van der Waals surface area contributed by atoms with Gasteiger partial charge >= 0.3 is 6.18 Å². The van der Waals surface area contributed by atoms with E-state index in [0.29, 0.717) is 0 Å². The Labute approximate surface area is 121 Å². The van der Waals surface area contributed by atoms with Gasteiger partial charge in [-0.25, -0.2) is 0 Å². The SMILES string of the molecule is CNCC(=O)NCCOc1ccccc1C(F)(F)F.Cl. The molecule has 0 aliphatic heterocycles. The van der Waals surface area contributed by atoms with Crippen LogP contribution in [-0.2, 0) is 11.0 Å². The number of para-hydroxylation sites is 1. The largest absolute Gasteiger partial charge is 0.491 e. The van der Waals surface area contributed by atoms with E-state index in [0.717, 1.165) is 6.07 Å². The molecule has 2 N–H and O–H groups in total. The van der Waals surface area contributed by atoms with E-state index in [1.165, 1.54) is 18.2 Å². The Hall–Kier alpha value is -1.47. The van der Waals surface area contributed by atoms with Crippen molar-refractivity contribution in [3.63, 3.8) is 0 Å². The fourth-order valence-corrected chi connectivity index (χ4v) is 1.40. The summed E-state index contributed by atoms with van der Waals surface area (Å²) in [7, 11) is 1.62. The molecule has 114 valence electrons. The van der Waals surface area contributed by atoms with Crippen LogP contribution in [0.4, 0.5) is 13.2 Å². The number of rotatable bonds is 6. The van der Waals surface area contributed by atoms with Crippen LogP contribution in [0.15, 0.2) is 24.3 Å². The Kier molecular flexibility index (Phi) is 8.02. The number of hydrogen-bond acceptors (Lipinski definition) is 3. The maximum absolute atomic E-state index is 12.6. The minimum absolute atomic E-state index is 0. The summed E-state index contributed by atoms with van der Waals surface area (Å²) in [4.78, 5) is 11.1. The average molecular weight is 313 g/mol. The zero-order valence-electron chi connectivity index (χ0n) is 10.8. The van der Waals surface area contributed by atoms with Crippen LogP contribution in [0.3, 0.4) is 0 Å². The van der Waals surface area contributed by atoms with Crippen LogP contribution >= 0.6 is 12.4 Å². The third-order valence-electron chi connectivity index (χ3n) is 2.21. The molecule has 0 heterocycles. The number of halogens is 4. The number of benzene rings is 1. The summed E-state index contributed by atoms with van der Waals surface area (Å²) < 4.78 is 42.9. The summed E-state index contributed by atoms with van der Waals surface area (Å²) in [6.45, 7) is 0.272. The van der Waals surface area contributed by atoms with Crippen LogP contribution in [0, 0.1) is 0 Å². The van der Waals surface area contributed by atoms with E-state index in [1.54, 1.807) is 7.05 Å². The lowest BCUT2D eigenvalue weighted by molar-refractivity contribution is -0.139. The predicted octanol–water partition coefficient (Wildman–Crippen LogP) is 1.84. The molecule has 0 aromatic heterocycles. The van der Waals surface area contributed by atoms with Crippen LogP contribution in [0.5, 0.6) is 5.75 Å². The molecule has 1 aromatic rings. The maximum atomic E-state index is 12.6. The van der Waals surface area contributed by atoms with Crippen LogP contribution in [0.2, 0.25) is 0 Å². The zero-order valence-corrected chi connectivity index (χ0v) is 11.6. The monoisotopic (exact) mass is 312 g/mol. The van der Waals surface area contributed by atoms with E-state index in [2.05, 4.69) is 10.6 Å². The second-order valence-corrected chi connectivity index (χ2v) is 3.72. The molecule has 0 bridgehead atoms. The minimum Gasteiger partial charge on any atom is -0.491 e. The third-order valence-corrected chi connectivity index (χ3v) is 2.21. The van der Waals surface area contributed by atoms with Gasteiger partial charge in [0.15, 0.2) is 0 Å². The summed E-state index contributed by atoms with van der Waals surface area (Å²) in [6, 6.07) is 4.96. The molecule has 0 spiro atoms. The normalized spacial score (nSPS) is 10.6. The quantitative estimate of drug-likeness (QED) is 0.788. The van der Waals surface area contributed by atoms with Crippen molar-refractivity contribution in [1.29, 1.82) is 0 Å². The molecule has 4 nitrogen and oxygen atoms in total. The van der Waals surface area contributed by atoms with E-state index >= 15 is 0 Å². The van der Waals surface area contributed by atoms with Gasteiger partial charge in [-0.05, 0) is 19.2 Å². The molecule has 20 heavy (non-hydrogen) atoms. The number of alkyl halides is 3. The smallest absolute Gasteiger partial charge is 0.419 e. The van der Waals surface area contributed by atoms with Crippen molar-refractivity contribution in [2.24, 2.45) is 0 Å². The van der Waals surface area contributed by atoms with E-state index in [4.69, 9.17) is 4.74 Å². The first-order chi connectivity index (χ1) is 8.95. The van der Waals surface area contributed by atoms with Gasteiger partial charge in [0.05, 0.1) is 18.7 Å². The van der Waals surface area contributed by atoms with Gasteiger partial charge in [0.2, 0.25) is 5.91 Å². The molecule has 0 radical (unpaired) electrons. The van der Waals surface area contributed by atoms with Gasteiger partial charge in [-0.1, -0.05) is 12.1 Å². The Morgan fingerprint density at radius 2 is 1.95 bits per heavy atom. The Morgan fingerprint density at radius 1 is 1.30 bits per heavy atom. The standard InChI is InChI=1S/C12H15F3N2O2.ClH/c1-16-8-11(18)17-6-7-19-10-5-3-2-4-9(10)12(13,14)15;/h2-5,16H,6-8H2,1H3,(H,17,18);1H. The lowest BCUT2D eigenvalue weighted by Gasteiger charge is -2.13. The van der Waals surface area contributed by atoms with Crippen molar-refractivity contribution in [1.82, 2.24) is 10.6 Å². The topological polar surface area (TPSA) is 50.4 Å². The van der Waals surface area contributed by atoms with Crippen molar-refractivity contribution in [2.45, 2.75) is 6.18 Å². The maximum Gasteiger partial charge on any atom is 0.419 e. The minimum atomic E-state index is -4.45. The van der Waals surface area contributed by atoms with Crippen molar-refractivity contribution in [3.8, 4) is 5.75 Å². The highest BCUT2D eigenvalue weighted by Crippen LogP contribution is 2.35. The number of amides is 1. The highest BCUT2D eigenvalue weighted by atomic mass is 35.5. The van der Waals surface area contributed by atoms with E-state index < -0.39 is 11.7 Å². The van der Waals surface area contributed by atoms with Crippen molar-refractivity contribution < 1.29 is 22.7 Å². The fourth-order valence-electron chi connectivity index (χ4n) is 1.40. The Morgan fingerprint density at radius 3 is 2.55 bits per heavy atom. The lowest BCUT2D eigenvalue weighted by atomic mass is 10.2. The first-order valence-electron chi connectivity index (χ1n) is 5.65. The fraction of sp³-hybridized carbons (Fsp3) is 0.417. The van der Waals surface area contributed by atoms with E-state index in [-0.39, 0.29) is 43.8 Å². The van der Waals surface area contributed by atoms with Gasteiger partial charge in [-0.2, -0.15) is 13.2 Å². The first kappa shape index (κ1) is 18.5. The van der Waals surface area contributed by atoms with Gasteiger partial charge in [0.25, 0.3) is 0 Å². The van der Waals surface area contributed by atoms with Crippen LogP contribution in [0.25, 0.3) is 0 Å². The number of carbonyl (C=O) groups is 1. The first-order valence-corrected chi connectivity index (χ1v) is 5.65. The van der Waals surface area contributed by atoms with Crippen molar-refractivity contribution >= 4 is 18.3 Å². The molecule has 1 amide bonds. The van der Waals surface area contributed by atoms with E-state index in [9.17, 15) is 18.0 Å². The summed E-state index contributed by atoms with van der Waals surface area (Å²) in [5.74, 6) is -0.479. The molecule has 0 atom stereocenters. The predicted molar refractivity (Wildman–Crippen MR) is 71.1 cm³/mol. The van der Waals surface area contributed by atoms with E-state index in [1.807, 2.05) is 0 Å². The molecule has 0 saturated heterocycles. The molecular formula is C12H16ClF3N2O2. The van der Waals surface area contributed by atoms with Crippen LogP contribution < -0.4 is 15.4 Å². The van der Waals surface area contributed by atoms with Crippen LogP contribution in [0.1, 0.15) is 5.56 Å². The highest BCUT2D eigenvalue weighted by Gasteiger charge is 2.33. The average Bonchev–Trinajstić information content (AvgIpc) is 2.34. The zero-order chi connectivity index (χ0) is 14.3. The molecule has 0 fully saturated rings. The summed E-state index contributed by atoms with van der Waals surface area (Å²) in [5, 5.41) is 5.16. The number of hydrogen-bond donors (Lipinski definition) is 2. The summed E-state index contributed by atoms with van der Waals surface area (Å²) in [5.41, 5.74) is -0.823. The number of nitrogens with one attached hydrogen (secondary N) is 2. The van der Waals surface area contributed by atoms with Gasteiger partial charge in [0, 0.05) is 0 Å². The molecule has 0 unspecified atom stereocenters. The van der Waals surface area contributed by atoms with Gasteiger partial charge in [-0.15, -0.1) is 12.4 Å². The molecule has 0 saturated carbocycles. The number of carbonyl (C=O) groups excluding carboxylic acids is 1. The summed E-state index contributed by atoms with van der Waals surface area (Å²) >= 11 is 0. The second-order valence-electron chi connectivity index (χ2n) is 3.72. The van der Waals surface area contributed by atoms with Crippen LogP contribution in [-0.4, -0.2) is 32.7 Å². The molecule has 1 aromatic carbocycles. The van der Waals surface area contributed by atoms with Gasteiger partial charge in [0.1, 0.15) is 12.4 Å². The molecule has 1 rings (SSSR count). The number of likely N-dealkylation sites (N-methyl/N-ethyl adjacent to an activating group) is 1. The summed E-state index contributed by atoms with van der Waals surface area (Å²) in [6.07, 6.45) is -4.45. The third kappa shape index (κ3) is 6.12. The Balaban J connectivity index is 0.00000361. The van der Waals surface area contributed by atoms with Gasteiger partial charge < -0.3 is 15.4 Å². The molecule has 8 heteroatoms. The highest BCUT2D eigenvalue weighted by molar-refractivity contribution is 5.85. The molecule has 0 aliphatic carbocycles. The Bertz CT molecular complexity index is 427. The molecular weight excluding hydrogens is 297 g/mol. The number of ether oxygens (including phenoxy) is 1. The molecule has 0 aliphatic rings.